The van der Waals surface area contributed by atoms with Gasteiger partial charge in [-0.2, -0.15) is 0 Å². The number of nitrogens with zero attached hydrogens (tertiary/aromatic N) is 3. The van der Waals surface area contributed by atoms with E-state index in [1.807, 2.05) is 36.2 Å². The van der Waals surface area contributed by atoms with Gasteiger partial charge in [0.05, 0.1) is 6.54 Å². The third-order valence-electron chi connectivity index (χ3n) is 4.05. The lowest BCUT2D eigenvalue weighted by Crippen LogP contribution is -2.17. The third kappa shape index (κ3) is 5.42. The van der Waals surface area contributed by atoms with Crippen LogP contribution in [0.25, 0.3) is 0 Å². The topological polar surface area (TPSA) is 58.1 Å². The van der Waals surface area contributed by atoms with Crippen LogP contribution < -0.4 is 5.32 Å². The van der Waals surface area contributed by atoms with Crippen molar-refractivity contribution in [3.8, 4) is 0 Å². The van der Waals surface area contributed by atoms with Crippen LogP contribution in [0.3, 0.4) is 0 Å². The van der Waals surface area contributed by atoms with Crippen LogP contribution in [0, 0.1) is 5.82 Å². The van der Waals surface area contributed by atoms with Crippen LogP contribution in [0.1, 0.15) is 32.9 Å². The lowest BCUT2D eigenvalue weighted by atomic mass is 10.1. The van der Waals surface area contributed by atoms with Gasteiger partial charge in [0.25, 0.3) is 5.91 Å². The Labute approximate surface area is 161 Å². The zero-order chi connectivity index (χ0) is 19.2. The van der Waals surface area contributed by atoms with Crippen molar-refractivity contribution in [2.75, 3.05) is 12.4 Å². The molecule has 3 rings (SSSR count). The fraction of sp³-hybridized carbons (Fsp3) is 0.250. The van der Waals surface area contributed by atoms with Crippen LogP contribution in [-0.4, -0.2) is 28.1 Å². The van der Waals surface area contributed by atoms with Gasteiger partial charge >= 0.3 is 0 Å². The summed E-state index contributed by atoms with van der Waals surface area (Å²) < 4.78 is 13.0. The average Bonchev–Trinajstić information content (AvgIpc) is 3.13. The van der Waals surface area contributed by atoms with Crippen molar-refractivity contribution in [2.24, 2.45) is 0 Å². The Balaban J connectivity index is 1.56. The average molecular weight is 384 g/mol. The second kappa shape index (κ2) is 8.83. The highest BCUT2D eigenvalue weighted by Gasteiger charge is 2.14. The van der Waals surface area contributed by atoms with E-state index in [1.54, 1.807) is 12.1 Å². The molecular weight excluding hydrogens is 363 g/mol. The second-order valence-corrected chi connectivity index (χ2v) is 7.37. The van der Waals surface area contributed by atoms with E-state index in [9.17, 15) is 9.18 Å². The minimum absolute atomic E-state index is 0.245. The molecule has 1 amide bonds. The van der Waals surface area contributed by atoms with Crippen molar-refractivity contribution in [3.63, 3.8) is 0 Å². The number of aryl methyl sites for hydroxylation is 1. The maximum absolute atomic E-state index is 13.0. The first kappa shape index (κ1) is 19.1. The van der Waals surface area contributed by atoms with Gasteiger partial charge in [-0.15, -0.1) is 10.2 Å². The number of hydrogen-bond acceptors (Lipinski definition) is 5. The Morgan fingerprint density at radius 3 is 2.37 bits per heavy atom. The largest absolute Gasteiger partial charge is 0.320 e. The first-order chi connectivity index (χ1) is 13.0. The molecule has 0 fully saturated rings. The predicted molar refractivity (Wildman–Crippen MR) is 105 cm³/mol. The van der Waals surface area contributed by atoms with Crippen molar-refractivity contribution in [1.29, 1.82) is 0 Å². The van der Waals surface area contributed by atoms with Gasteiger partial charge in [-0.05, 0) is 48.9 Å². The summed E-state index contributed by atoms with van der Waals surface area (Å²) in [5.41, 5.74) is 2.97. The SMILES string of the molecule is CCc1ccc(NC(=O)c2nnc(CN(C)Cc3ccc(F)cc3)s2)cc1. The third-order valence-corrected chi connectivity index (χ3v) is 4.96. The minimum Gasteiger partial charge on any atom is -0.320 e. The standard InChI is InChI=1S/C20H21FN4OS/c1-3-14-6-10-17(11-7-14)22-19(26)20-24-23-18(27-20)13-25(2)12-15-4-8-16(21)9-5-15/h4-11H,3,12-13H2,1-2H3,(H,22,26). The smallest absolute Gasteiger partial charge is 0.286 e. The lowest BCUT2D eigenvalue weighted by molar-refractivity contribution is 0.102. The van der Waals surface area contributed by atoms with E-state index in [0.717, 1.165) is 22.7 Å². The molecule has 0 saturated carbocycles. The Kier molecular flexibility index (Phi) is 6.26. The summed E-state index contributed by atoms with van der Waals surface area (Å²) in [6, 6.07) is 14.2. The van der Waals surface area contributed by atoms with Gasteiger partial charge in [-0.1, -0.05) is 42.5 Å². The van der Waals surface area contributed by atoms with Gasteiger partial charge < -0.3 is 5.32 Å². The Bertz CT molecular complexity index is 893. The van der Waals surface area contributed by atoms with Crippen molar-refractivity contribution in [1.82, 2.24) is 15.1 Å². The monoisotopic (exact) mass is 384 g/mol. The molecule has 0 atom stereocenters. The summed E-state index contributed by atoms with van der Waals surface area (Å²) in [5.74, 6) is -0.505. The van der Waals surface area contributed by atoms with E-state index in [4.69, 9.17) is 0 Å². The second-order valence-electron chi connectivity index (χ2n) is 6.30. The highest BCUT2D eigenvalue weighted by Crippen LogP contribution is 2.16. The molecule has 3 aromatic rings. The van der Waals surface area contributed by atoms with E-state index in [0.29, 0.717) is 18.1 Å². The van der Waals surface area contributed by atoms with Gasteiger partial charge in [-0.3, -0.25) is 9.69 Å². The molecule has 0 aliphatic rings. The highest BCUT2D eigenvalue weighted by molar-refractivity contribution is 7.13. The normalized spacial score (nSPS) is 11.0. The predicted octanol–water partition coefficient (Wildman–Crippen LogP) is 4.12. The molecule has 2 aromatic carbocycles. The van der Waals surface area contributed by atoms with Gasteiger partial charge in [-0.25, -0.2) is 4.39 Å². The number of amides is 1. The summed E-state index contributed by atoms with van der Waals surface area (Å²) in [6.07, 6.45) is 0.958. The van der Waals surface area contributed by atoms with E-state index in [1.165, 1.54) is 29.0 Å². The molecule has 140 valence electrons. The number of carbonyl (C=O) groups is 1. The van der Waals surface area contributed by atoms with E-state index in [-0.39, 0.29) is 11.7 Å². The van der Waals surface area contributed by atoms with E-state index in [2.05, 4.69) is 22.4 Å². The molecular formula is C20H21FN4OS. The number of carbonyl (C=O) groups excluding carboxylic acids is 1. The van der Waals surface area contributed by atoms with Crippen molar-refractivity contribution in [3.05, 3.63) is 75.5 Å². The highest BCUT2D eigenvalue weighted by atomic mass is 32.1. The molecule has 1 aromatic heterocycles. The number of hydrogen-bond donors (Lipinski definition) is 1. The van der Waals surface area contributed by atoms with Crippen LogP contribution in [0.5, 0.6) is 0 Å². The van der Waals surface area contributed by atoms with Crippen LogP contribution in [0.15, 0.2) is 48.5 Å². The zero-order valence-corrected chi connectivity index (χ0v) is 16.1. The number of halogens is 1. The number of rotatable bonds is 7. The number of benzene rings is 2. The Morgan fingerprint density at radius 2 is 1.70 bits per heavy atom. The molecule has 5 nitrogen and oxygen atoms in total. The summed E-state index contributed by atoms with van der Waals surface area (Å²) >= 11 is 1.27. The molecule has 1 heterocycles. The van der Waals surface area contributed by atoms with Crippen LogP contribution >= 0.6 is 11.3 Å². The van der Waals surface area contributed by atoms with Gasteiger partial charge in [0.2, 0.25) is 5.01 Å². The fourth-order valence-electron chi connectivity index (χ4n) is 2.61. The van der Waals surface area contributed by atoms with Crippen molar-refractivity contribution < 1.29 is 9.18 Å². The van der Waals surface area contributed by atoms with Crippen molar-refractivity contribution >= 4 is 22.9 Å². The van der Waals surface area contributed by atoms with Gasteiger partial charge in [0.15, 0.2) is 0 Å². The fourth-order valence-corrected chi connectivity index (χ4v) is 3.42. The summed E-state index contributed by atoms with van der Waals surface area (Å²) in [6.45, 7) is 3.31. The number of anilines is 1. The molecule has 7 heteroatoms. The van der Waals surface area contributed by atoms with Crippen LogP contribution in [-0.2, 0) is 19.5 Å². The maximum Gasteiger partial charge on any atom is 0.286 e. The quantitative estimate of drug-likeness (QED) is 0.666. The Morgan fingerprint density at radius 1 is 1.04 bits per heavy atom. The molecule has 0 aliphatic heterocycles. The summed E-state index contributed by atoms with van der Waals surface area (Å²) in [4.78, 5) is 14.4. The molecule has 27 heavy (non-hydrogen) atoms. The Hall–Kier alpha value is -2.64. The maximum atomic E-state index is 13.0. The molecule has 0 radical (unpaired) electrons. The summed E-state index contributed by atoms with van der Waals surface area (Å²) in [7, 11) is 1.94. The summed E-state index contributed by atoms with van der Waals surface area (Å²) in [5, 5.41) is 12.0. The van der Waals surface area contributed by atoms with E-state index < -0.39 is 0 Å². The number of nitrogens with one attached hydrogen (secondary N) is 1. The molecule has 0 spiro atoms. The minimum atomic E-state index is -0.260. The van der Waals surface area contributed by atoms with Gasteiger partial charge in [0.1, 0.15) is 10.8 Å². The molecule has 0 bridgehead atoms. The van der Waals surface area contributed by atoms with E-state index >= 15 is 0 Å². The molecule has 0 unspecified atom stereocenters. The molecule has 0 aliphatic carbocycles. The number of aromatic nitrogens is 2. The van der Waals surface area contributed by atoms with Crippen molar-refractivity contribution in [2.45, 2.75) is 26.4 Å². The van der Waals surface area contributed by atoms with Gasteiger partial charge in [0, 0.05) is 12.2 Å². The zero-order valence-electron chi connectivity index (χ0n) is 15.3. The first-order valence-electron chi connectivity index (χ1n) is 8.69. The van der Waals surface area contributed by atoms with Crippen LogP contribution in [0.4, 0.5) is 10.1 Å². The van der Waals surface area contributed by atoms with Crippen LogP contribution in [0.2, 0.25) is 0 Å². The first-order valence-corrected chi connectivity index (χ1v) is 9.51. The molecule has 0 saturated heterocycles. The lowest BCUT2D eigenvalue weighted by Gasteiger charge is -2.14. The molecule has 1 N–H and O–H groups in total.